The fourth-order valence-corrected chi connectivity index (χ4v) is 2.90. The van der Waals surface area contributed by atoms with Gasteiger partial charge in [-0.05, 0) is 40.5 Å². The molecule has 1 unspecified atom stereocenters. The van der Waals surface area contributed by atoms with Crippen LogP contribution in [0, 0.1) is 6.92 Å². The first-order valence-corrected chi connectivity index (χ1v) is 7.35. The van der Waals surface area contributed by atoms with Crippen LogP contribution in [0.4, 0.5) is 4.79 Å². The first kappa shape index (κ1) is 15.8. The van der Waals surface area contributed by atoms with Crippen LogP contribution >= 0.6 is 0 Å². The van der Waals surface area contributed by atoms with Crippen molar-refractivity contribution in [1.82, 2.24) is 14.7 Å². The molecule has 6 heteroatoms. The lowest BCUT2D eigenvalue weighted by Gasteiger charge is -2.32. The molecule has 1 saturated heterocycles. The van der Waals surface area contributed by atoms with Gasteiger partial charge in [-0.1, -0.05) is 0 Å². The van der Waals surface area contributed by atoms with Crippen LogP contribution in [0.15, 0.2) is 6.20 Å². The van der Waals surface area contributed by atoms with E-state index in [1.165, 1.54) is 0 Å². The molecule has 1 N–H and O–H groups in total. The SMILES string of the molecule is Cc1nn(C)cc1C1CC[C@H](CO)N1C(=O)OC(C)(C)C. The first-order chi connectivity index (χ1) is 9.73. The molecule has 0 aromatic carbocycles. The molecule has 21 heavy (non-hydrogen) atoms. The van der Waals surface area contributed by atoms with Crippen LogP contribution < -0.4 is 0 Å². The number of hydrogen-bond acceptors (Lipinski definition) is 4. The van der Waals surface area contributed by atoms with Gasteiger partial charge in [0.25, 0.3) is 0 Å². The first-order valence-electron chi connectivity index (χ1n) is 7.35. The van der Waals surface area contributed by atoms with Crippen molar-refractivity contribution >= 4 is 6.09 Å². The predicted molar refractivity (Wildman–Crippen MR) is 78.9 cm³/mol. The lowest BCUT2D eigenvalue weighted by molar-refractivity contribution is 0.00864. The molecule has 2 rings (SSSR count). The number of nitrogens with zero attached hydrogens (tertiary/aromatic N) is 3. The average molecular weight is 295 g/mol. The summed E-state index contributed by atoms with van der Waals surface area (Å²) in [5.41, 5.74) is 1.39. The fraction of sp³-hybridized carbons (Fsp3) is 0.733. The summed E-state index contributed by atoms with van der Waals surface area (Å²) in [7, 11) is 1.87. The highest BCUT2D eigenvalue weighted by Gasteiger charge is 2.40. The zero-order valence-corrected chi connectivity index (χ0v) is 13.5. The van der Waals surface area contributed by atoms with Crippen molar-refractivity contribution in [3.63, 3.8) is 0 Å². The van der Waals surface area contributed by atoms with Crippen molar-refractivity contribution in [2.45, 2.75) is 58.2 Å². The van der Waals surface area contributed by atoms with E-state index in [1.54, 1.807) is 9.58 Å². The summed E-state index contributed by atoms with van der Waals surface area (Å²) in [6.07, 6.45) is 3.16. The van der Waals surface area contributed by atoms with Gasteiger partial charge in [0.15, 0.2) is 0 Å². The number of ether oxygens (including phenoxy) is 1. The Morgan fingerprint density at radius 2 is 2.14 bits per heavy atom. The lowest BCUT2D eigenvalue weighted by atomic mass is 10.1. The summed E-state index contributed by atoms with van der Waals surface area (Å²) in [4.78, 5) is 14.2. The maximum absolute atomic E-state index is 12.5. The van der Waals surface area contributed by atoms with Crippen molar-refractivity contribution in [1.29, 1.82) is 0 Å². The molecule has 2 atom stereocenters. The third-order valence-electron chi connectivity index (χ3n) is 3.73. The van der Waals surface area contributed by atoms with Gasteiger partial charge in [0.2, 0.25) is 0 Å². The molecule has 6 nitrogen and oxygen atoms in total. The van der Waals surface area contributed by atoms with Gasteiger partial charge in [0.1, 0.15) is 5.60 Å². The molecule has 1 amide bonds. The van der Waals surface area contributed by atoms with E-state index in [-0.39, 0.29) is 24.8 Å². The highest BCUT2D eigenvalue weighted by molar-refractivity contribution is 5.70. The monoisotopic (exact) mass is 295 g/mol. The molecule has 1 aromatic heterocycles. The van der Waals surface area contributed by atoms with Crippen LogP contribution in [0.2, 0.25) is 0 Å². The molecule has 2 heterocycles. The summed E-state index contributed by atoms with van der Waals surface area (Å²) < 4.78 is 7.25. The number of aromatic nitrogens is 2. The van der Waals surface area contributed by atoms with E-state index in [0.29, 0.717) is 0 Å². The van der Waals surface area contributed by atoms with Gasteiger partial charge in [-0.15, -0.1) is 0 Å². The Kier molecular flexibility index (Phi) is 4.27. The zero-order chi connectivity index (χ0) is 15.8. The number of aliphatic hydroxyl groups is 1. The minimum Gasteiger partial charge on any atom is -0.444 e. The maximum Gasteiger partial charge on any atom is 0.411 e. The van der Waals surface area contributed by atoms with E-state index in [0.717, 1.165) is 24.1 Å². The van der Waals surface area contributed by atoms with Crippen LogP contribution in [-0.2, 0) is 11.8 Å². The van der Waals surface area contributed by atoms with Crippen molar-refractivity contribution in [2.24, 2.45) is 7.05 Å². The molecular weight excluding hydrogens is 270 g/mol. The van der Waals surface area contributed by atoms with E-state index in [9.17, 15) is 9.90 Å². The molecular formula is C15H25N3O3. The van der Waals surface area contributed by atoms with Crippen molar-refractivity contribution in [3.05, 3.63) is 17.5 Å². The number of hydrogen-bond donors (Lipinski definition) is 1. The molecule has 118 valence electrons. The van der Waals surface area contributed by atoms with E-state index < -0.39 is 5.60 Å². The molecule has 0 spiro atoms. The van der Waals surface area contributed by atoms with Crippen LogP contribution in [0.3, 0.4) is 0 Å². The number of carbonyl (C=O) groups is 1. The van der Waals surface area contributed by atoms with Crippen molar-refractivity contribution in [2.75, 3.05) is 6.61 Å². The third kappa shape index (κ3) is 3.37. The third-order valence-corrected chi connectivity index (χ3v) is 3.73. The largest absolute Gasteiger partial charge is 0.444 e. The number of aryl methyl sites for hydroxylation is 2. The van der Waals surface area contributed by atoms with Gasteiger partial charge >= 0.3 is 6.09 Å². The molecule has 0 radical (unpaired) electrons. The van der Waals surface area contributed by atoms with Crippen molar-refractivity contribution < 1.29 is 14.6 Å². The van der Waals surface area contributed by atoms with Crippen LogP contribution in [-0.4, -0.2) is 44.1 Å². The number of aliphatic hydroxyl groups excluding tert-OH is 1. The summed E-state index contributed by atoms with van der Waals surface area (Å²) in [5.74, 6) is 0. The Hall–Kier alpha value is -1.56. The van der Waals surface area contributed by atoms with Gasteiger partial charge in [-0.3, -0.25) is 9.58 Å². The van der Waals surface area contributed by atoms with Gasteiger partial charge in [-0.2, -0.15) is 5.10 Å². The van der Waals surface area contributed by atoms with E-state index in [1.807, 2.05) is 40.9 Å². The molecule has 1 aliphatic heterocycles. The van der Waals surface area contributed by atoms with E-state index >= 15 is 0 Å². The molecule has 1 fully saturated rings. The minimum atomic E-state index is -0.547. The quantitative estimate of drug-likeness (QED) is 0.908. The molecule has 0 bridgehead atoms. The fourth-order valence-electron chi connectivity index (χ4n) is 2.90. The number of carbonyl (C=O) groups excluding carboxylic acids is 1. The second-order valence-electron chi connectivity index (χ2n) is 6.66. The van der Waals surface area contributed by atoms with Crippen LogP contribution in [0.1, 0.15) is 50.9 Å². The van der Waals surface area contributed by atoms with Gasteiger partial charge < -0.3 is 9.84 Å². The summed E-state index contributed by atoms with van der Waals surface area (Å²) >= 11 is 0. The normalized spacial score (nSPS) is 22.7. The summed E-state index contributed by atoms with van der Waals surface area (Å²) in [5, 5.41) is 13.9. The number of likely N-dealkylation sites (tertiary alicyclic amines) is 1. The van der Waals surface area contributed by atoms with Gasteiger partial charge in [0.05, 0.1) is 24.4 Å². The second-order valence-corrected chi connectivity index (χ2v) is 6.66. The average Bonchev–Trinajstić information content (AvgIpc) is 2.89. The maximum atomic E-state index is 12.5. The number of amides is 1. The summed E-state index contributed by atoms with van der Waals surface area (Å²) in [6, 6.07) is -0.268. The van der Waals surface area contributed by atoms with Gasteiger partial charge in [0, 0.05) is 18.8 Å². The molecule has 0 saturated carbocycles. The molecule has 0 aliphatic carbocycles. The Balaban J connectivity index is 2.28. The standard InChI is InChI=1S/C15H25N3O3/c1-10-12(8-17(5)16-10)13-7-6-11(9-19)18(13)14(20)21-15(2,3)4/h8,11,13,19H,6-7,9H2,1-5H3/t11-,13?/m1/s1. The van der Waals surface area contributed by atoms with Crippen LogP contribution in [0.25, 0.3) is 0 Å². The highest BCUT2D eigenvalue weighted by Crippen LogP contribution is 2.38. The van der Waals surface area contributed by atoms with E-state index in [2.05, 4.69) is 5.10 Å². The van der Waals surface area contributed by atoms with E-state index in [4.69, 9.17) is 4.74 Å². The Bertz CT molecular complexity index is 519. The summed E-state index contributed by atoms with van der Waals surface area (Å²) in [6.45, 7) is 7.43. The predicted octanol–water partition coefficient (Wildman–Crippen LogP) is 2.16. The lowest BCUT2D eigenvalue weighted by Crippen LogP contribution is -2.42. The number of rotatable bonds is 2. The minimum absolute atomic E-state index is 0.0466. The van der Waals surface area contributed by atoms with Crippen molar-refractivity contribution in [3.8, 4) is 0 Å². The topological polar surface area (TPSA) is 67.6 Å². The Labute approximate surface area is 125 Å². The smallest absolute Gasteiger partial charge is 0.411 e. The highest BCUT2D eigenvalue weighted by atomic mass is 16.6. The molecule has 1 aromatic rings. The Morgan fingerprint density at radius 1 is 1.48 bits per heavy atom. The van der Waals surface area contributed by atoms with Crippen LogP contribution in [0.5, 0.6) is 0 Å². The van der Waals surface area contributed by atoms with Gasteiger partial charge in [-0.25, -0.2) is 4.79 Å². The second kappa shape index (κ2) is 5.67. The molecule has 1 aliphatic rings. The Morgan fingerprint density at radius 3 is 2.62 bits per heavy atom. The zero-order valence-electron chi connectivity index (χ0n) is 13.5.